The molecule has 3 aromatic rings. The third kappa shape index (κ3) is 4.25. The molecule has 0 fully saturated rings. The number of hydrogen-bond donors (Lipinski definition) is 1. The smallest absolute Gasteiger partial charge is 0.270 e. The van der Waals surface area contributed by atoms with E-state index in [0.717, 1.165) is 16.3 Å². The van der Waals surface area contributed by atoms with E-state index in [9.17, 15) is 4.79 Å². The Morgan fingerprint density at radius 1 is 1.16 bits per heavy atom. The van der Waals surface area contributed by atoms with E-state index < -0.39 is 0 Å². The van der Waals surface area contributed by atoms with Gasteiger partial charge in [0, 0.05) is 17.5 Å². The summed E-state index contributed by atoms with van der Waals surface area (Å²) in [7, 11) is 1.64. The van der Waals surface area contributed by atoms with Crippen molar-refractivity contribution in [1.82, 2.24) is 10.3 Å². The van der Waals surface area contributed by atoms with Gasteiger partial charge in [-0.2, -0.15) is 0 Å². The van der Waals surface area contributed by atoms with Gasteiger partial charge in [0.1, 0.15) is 16.5 Å². The van der Waals surface area contributed by atoms with Gasteiger partial charge in [0.05, 0.1) is 7.11 Å². The molecule has 5 heteroatoms. The normalized spacial score (nSPS) is 11.8. The lowest BCUT2D eigenvalue weighted by Gasteiger charge is -2.12. The minimum absolute atomic E-state index is 0.140. The van der Waals surface area contributed by atoms with Gasteiger partial charge in [0.25, 0.3) is 5.91 Å². The van der Waals surface area contributed by atoms with Crippen molar-refractivity contribution in [2.45, 2.75) is 12.8 Å². The van der Waals surface area contributed by atoms with Crippen LogP contribution in [-0.2, 0) is 0 Å². The summed E-state index contributed by atoms with van der Waals surface area (Å²) in [5.41, 5.74) is 2.64. The fraction of sp³-hybridized carbons (Fsp3) is 0.200. The number of nitrogens with zero attached hydrogens (tertiary/aromatic N) is 1. The van der Waals surface area contributed by atoms with Crippen molar-refractivity contribution in [2.75, 3.05) is 13.7 Å². The van der Waals surface area contributed by atoms with Crippen LogP contribution in [0.1, 0.15) is 28.9 Å². The standard InChI is InChI=1S/C20H20N2O2S/c1-14(15-6-4-3-5-7-15)12-21-19(23)18-13-25-20(22-18)16-8-10-17(24-2)11-9-16/h3-11,13-14H,12H2,1-2H3,(H,21,23)/t14-/m1/s1. The third-order valence-corrected chi connectivity index (χ3v) is 4.90. The van der Waals surface area contributed by atoms with Gasteiger partial charge < -0.3 is 10.1 Å². The second kappa shape index (κ2) is 7.94. The molecule has 0 spiro atoms. The Bertz CT molecular complexity index is 828. The van der Waals surface area contributed by atoms with Crippen LogP contribution in [0.4, 0.5) is 0 Å². The molecule has 128 valence electrons. The molecule has 25 heavy (non-hydrogen) atoms. The van der Waals surface area contributed by atoms with Crippen molar-refractivity contribution >= 4 is 17.2 Å². The Morgan fingerprint density at radius 2 is 1.88 bits per heavy atom. The molecule has 0 bridgehead atoms. The number of nitrogens with one attached hydrogen (secondary N) is 1. The number of methoxy groups -OCH3 is 1. The lowest BCUT2D eigenvalue weighted by Crippen LogP contribution is -2.27. The van der Waals surface area contributed by atoms with Crippen molar-refractivity contribution in [3.8, 4) is 16.3 Å². The topological polar surface area (TPSA) is 51.2 Å². The molecule has 0 aliphatic heterocycles. The first-order valence-corrected chi connectivity index (χ1v) is 8.98. The molecule has 1 N–H and O–H groups in total. The first kappa shape index (κ1) is 17.2. The van der Waals surface area contributed by atoms with Crippen molar-refractivity contribution in [3.63, 3.8) is 0 Å². The highest BCUT2D eigenvalue weighted by Gasteiger charge is 2.13. The predicted octanol–water partition coefficient (Wildman–Crippen LogP) is 4.35. The quantitative estimate of drug-likeness (QED) is 0.717. The van der Waals surface area contributed by atoms with Crippen LogP contribution in [0.15, 0.2) is 60.0 Å². The molecule has 0 saturated carbocycles. The molecule has 0 saturated heterocycles. The molecule has 1 amide bonds. The van der Waals surface area contributed by atoms with E-state index in [0.29, 0.717) is 12.2 Å². The number of thiazole rings is 1. The van der Waals surface area contributed by atoms with Crippen LogP contribution in [0.25, 0.3) is 10.6 Å². The monoisotopic (exact) mass is 352 g/mol. The van der Waals surface area contributed by atoms with E-state index >= 15 is 0 Å². The first-order valence-electron chi connectivity index (χ1n) is 8.10. The Balaban J connectivity index is 1.62. The lowest BCUT2D eigenvalue weighted by molar-refractivity contribution is 0.0947. The fourth-order valence-corrected chi connectivity index (χ4v) is 3.29. The van der Waals surface area contributed by atoms with Gasteiger partial charge in [-0.3, -0.25) is 4.79 Å². The molecule has 0 radical (unpaired) electrons. The summed E-state index contributed by atoms with van der Waals surface area (Å²) in [6.07, 6.45) is 0. The second-order valence-electron chi connectivity index (χ2n) is 5.79. The van der Waals surface area contributed by atoms with Crippen LogP contribution in [0, 0.1) is 0 Å². The number of benzene rings is 2. The predicted molar refractivity (Wildman–Crippen MR) is 101 cm³/mol. The molecule has 0 unspecified atom stereocenters. The van der Waals surface area contributed by atoms with Crippen LogP contribution in [0.2, 0.25) is 0 Å². The Morgan fingerprint density at radius 3 is 2.56 bits per heavy atom. The minimum Gasteiger partial charge on any atom is -0.497 e. The summed E-state index contributed by atoms with van der Waals surface area (Å²) >= 11 is 1.46. The average molecular weight is 352 g/mol. The summed E-state index contributed by atoms with van der Waals surface area (Å²) in [6.45, 7) is 2.68. The number of carbonyl (C=O) groups is 1. The Labute approximate surface area is 151 Å². The summed E-state index contributed by atoms with van der Waals surface area (Å²) in [5.74, 6) is 0.914. The zero-order valence-corrected chi connectivity index (χ0v) is 15.0. The number of aromatic nitrogens is 1. The van der Waals surface area contributed by atoms with Gasteiger partial charge in [0.15, 0.2) is 0 Å². The number of rotatable bonds is 6. The molecule has 3 rings (SSSR count). The summed E-state index contributed by atoms with van der Waals surface area (Å²) in [4.78, 5) is 16.8. The maximum absolute atomic E-state index is 12.3. The lowest BCUT2D eigenvalue weighted by atomic mass is 10.0. The van der Waals surface area contributed by atoms with Gasteiger partial charge in [-0.05, 0) is 35.7 Å². The van der Waals surface area contributed by atoms with E-state index in [1.54, 1.807) is 12.5 Å². The van der Waals surface area contributed by atoms with Gasteiger partial charge >= 0.3 is 0 Å². The molecular weight excluding hydrogens is 332 g/mol. The highest BCUT2D eigenvalue weighted by Crippen LogP contribution is 2.25. The molecule has 0 aliphatic rings. The fourth-order valence-electron chi connectivity index (χ4n) is 2.48. The van der Waals surface area contributed by atoms with Crippen molar-refractivity contribution in [3.05, 3.63) is 71.2 Å². The molecule has 1 heterocycles. The molecule has 4 nitrogen and oxygen atoms in total. The van der Waals surface area contributed by atoms with Gasteiger partial charge in [-0.1, -0.05) is 37.3 Å². The van der Waals surface area contributed by atoms with Crippen LogP contribution in [0.3, 0.4) is 0 Å². The average Bonchev–Trinajstić information content (AvgIpc) is 3.17. The zero-order chi connectivity index (χ0) is 17.6. The SMILES string of the molecule is COc1ccc(-c2nc(C(=O)NC[C@@H](C)c3ccccc3)cs2)cc1. The maximum Gasteiger partial charge on any atom is 0.270 e. The number of amides is 1. The van der Waals surface area contributed by atoms with Crippen LogP contribution >= 0.6 is 11.3 Å². The summed E-state index contributed by atoms with van der Waals surface area (Å²) in [5, 5.41) is 5.58. The van der Waals surface area contributed by atoms with Crippen molar-refractivity contribution < 1.29 is 9.53 Å². The molecule has 2 aromatic carbocycles. The largest absolute Gasteiger partial charge is 0.497 e. The van der Waals surface area contributed by atoms with E-state index in [4.69, 9.17) is 4.74 Å². The molecular formula is C20H20N2O2S. The van der Waals surface area contributed by atoms with E-state index in [-0.39, 0.29) is 11.8 Å². The molecule has 0 aliphatic carbocycles. The van der Waals surface area contributed by atoms with E-state index in [1.165, 1.54) is 16.9 Å². The van der Waals surface area contributed by atoms with Gasteiger partial charge in [0.2, 0.25) is 0 Å². The zero-order valence-electron chi connectivity index (χ0n) is 14.2. The van der Waals surface area contributed by atoms with Crippen LogP contribution in [0.5, 0.6) is 5.75 Å². The van der Waals surface area contributed by atoms with Crippen molar-refractivity contribution in [1.29, 1.82) is 0 Å². The second-order valence-corrected chi connectivity index (χ2v) is 6.65. The first-order chi connectivity index (χ1) is 12.2. The minimum atomic E-state index is -0.140. The van der Waals surface area contributed by atoms with Crippen LogP contribution in [-0.4, -0.2) is 24.5 Å². The van der Waals surface area contributed by atoms with E-state index in [2.05, 4.69) is 29.4 Å². The van der Waals surface area contributed by atoms with Gasteiger partial charge in [-0.25, -0.2) is 4.98 Å². The Hall–Kier alpha value is -2.66. The van der Waals surface area contributed by atoms with Gasteiger partial charge in [-0.15, -0.1) is 11.3 Å². The van der Waals surface area contributed by atoms with Crippen molar-refractivity contribution in [2.24, 2.45) is 0 Å². The highest BCUT2D eigenvalue weighted by molar-refractivity contribution is 7.13. The highest BCUT2D eigenvalue weighted by atomic mass is 32.1. The number of hydrogen-bond acceptors (Lipinski definition) is 4. The van der Waals surface area contributed by atoms with E-state index in [1.807, 2.05) is 42.5 Å². The van der Waals surface area contributed by atoms with Crippen LogP contribution < -0.4 is 10.1 Å². The molecule has 1 aromatic heterocycles. The third-order valence-electron chi connectivity index (χ3n) is 4.01. The Kier molecular flexibility index (Phi) is 5.46. The maximum atomic E-state index is 12.3. The number of ether oxygens (including phenoxy) is 1. The summed E-state index contributed by atoms with van der Waals surface area (Å²) < 4.78 is 5.16. The number of carbonyl (C=O) groups excluding carboxylic acids is 1. The molecule has 1 atom stereocenters. The summed E-state index contributed by atoms with van der Waals surface area (Å²) in [6, 6.07) is 17.8.